The van der Waals surface area contributed by atoms with Crippen molar-refractivity contribution in [1.82, 2.24) is 4.90 Å². The van der Waals surface area contributed by atoms with Crippen LogP contribution in [0.4, 0.5) is 4.79 Å². The van der Waals surface area contributed by atoms with Gasteiger partial charge in [0.2, 0.25) is 5.91 Å². The molecule has 0 aromatic rings. The number of primary amides is 1. The van der Waals surface area contributed by atoms with Crippen LogP contribution in [-0.4, -0.2) is 70.9 Å². The highest BCUT2D eigenvalue weighted by Gasteiger charge is 2.61. The summed E-state index contributed by atoms with van der Waals surface area (Å²) in [5.41, 5.74) is 4.57. The Hall–Kier alpha value is -1.84. The number of carbonyl (C=O) groups is 2. The Kier molecular flexibility index (Phi) is 7.19. The maximum Gasteiger partial charge on any atom is 0.411 e. The summed E-state index contributed by atoms with van der Waals surface area (Å²) >= 11 is 0. The van der Waals surface area contributed by atoms with E-state index in [0.717, 1.165) is 12.8 Å². The van der Waals surface area contributed by atoms with E-state index < -0.39 is 47.7 Å². The Morgan fingerprint density at radius 3 is 2.38 bits per heavy atom. The minimum atomic E-state index is -0.959. The molecule has 2 heterocycles. The number of ether oxygens (including phenoxy) is 4. The first-order valence-corrected chi connectivity index (χ1v) is 10.0. The molecule has 0 saturated carbocycles. The molecular formula is C20H34N2O7. The van der Waals surface area contributed by atoms with Crippen LogP contribution in [-0.2, 0) is 23.7 Å². The summed E-state index contributed by atoms with van der Waals surface area (Å²) in [6.45, 7) is 11.5. The van der Waals surface area contributed by atoms with E-state index in [0.29, 0.717) is 12.9 Å². The van der Waals surface area contributed by atoms with E-state index in [1.807, 2.05) is 0 Å². The van der Waals surface area contributed by atoms with Crippen LogP contribution < -0.4 is 5.73 Å². The van der Waals surface area contributed by atoms with E-state index in [-0.39, 0.29) is 12.2 Å². The van der Waals surface area contributed by atoms with Crippen LogP contribution in [0.15, 0.2) is 11.8 Å². The molecule has 166 valence electrons. The SMILES string of the molecule is CCCCOC[C@@H]1[C@H]2OC(C)(C)O[C@H]2C(/C(=C/O)C(N)=O)N1C(=O)OC(C)(C)C. The molecule has 0 spiro atoms. The number of rotatable bonds is 7. The quantitative estimate of drug-likeness (QED) is 0.372. The molecule has 2 fully saturated rings. The predicted molar refractivity (Wildman–Crippen MR) is 105 cm³/mol. The lowest BCUT2D eigenvalue weighted by molar-refractivity contribution is -0.168. The van der Waals surface area contributed by atoms with Gasteiger partial charge in [0.05, 0.1) is 30.5 Å². The molecule has 29 heavy (non-hydrogen) atoms. The summed E-state index contributed by atoms with van der Waals surface area (Å²) < 4.78 is 23.4. The zero-order chi connectivity index (χ0) is 22.0. The highest BCUT2D eigenvalue weighted by Crippen LogP contribution is 2.43. The van der Waals surface area contributed by atoms with Gasteiger partial charge in [0.1, 0.15) is 17.8 Å². The molecule has 1 unspecified atom stereocenters. The molecule has 2 saturated heterocycles. The first-order chi connectivity index (χ1) is 13.4. The highest BCUT2D eigenvalue weighted by atomic mass is 16.8. The molecule has 0 aromatic carbocycles. The van der Waals surface area contributed by atoms with Crippen molar-refractivity contribution in [2.24, 2.45) is 5.73 Å². The summed E-state index contributed by atoms with van der Waals surface area (Å²) in [5, 5.41) is 9.70. The topological polar surface area (TPSA) is 121 Å². The first-order valence-electron chi connectivity index (χ1n) is 10.0. The lowest BCUT2D eigenvalue weighted by atomic mass is 10.0. The van der Waals surface area contributed by atoms with Gasteiger partial charge in [0.25, 0.3) is 0 Å². The van der Waals surface area contributed by atoms with Crippen molar-refractivity contribution in [2.45, 2.75) is 90.1 Å². The van der Waals surface area contributed by atoms with E-state index in [1.54, 1.807) is 34.6 Å². The molecule has 2 rings (SSSR count). The van der Waals surface area contributed by atoms with Crippen LogP contribution in [0.2, 0.25) is 0 Å². The number of aliphatic hydroxyl groups is 1. The lowest BCUT2D eigenvalue weighted by Gasteiger charge is -2.35. The van der Waals surface area contributed by atoms with Crippen molar-refractivity contribution in [2.75, 3.05) is 13.2 Å². The summed E-state index contributed by atoms with van der Waals surface area (Å²) in [6.07, 6.45) is 0.535. The number of hydrogen-bond donors (Lipinski definition) is 2. The van der Waals surface area contributed by atoms with Crippen molar-refractivity contribution in [3.63, 3.8) is 0 Å². The molecule has 3 N–H and O–H groups in total. The Labute approximate surface area is 172 Å². The van der Waals surface area contributed by atoms with Gasteiger partial charge in [0, 0.05) is 6.61 Å². The fourth-order valence-electron chi connectivity index (χ4n) is 3.68. The van der Waals surface area contributed by atoms with E-state index in [1.165, 1.54) is 4.90 Å². The van der Waals surface area contributed by atoms with E-state index >= 15 is 0 Å². The van der Waals surface area contributed by atoms with Crippen LogP contribution in [0.25, 0.3) is 0 Å². The van der Waals surface area contributed by atoms with Gasteiger partial charge in [-0.25, -0.2) is 4.79 Å². The number of nitrogens with two attached hydrogens (primary N) is 1. The standard InChI is InChI=1S/C20H34N2O7/c1-7-8-9-26-11-13-15-16(28-20(5,6)27-15)14(12(10-23)17(21)24)22(13)18(25)29-19(2,3)4/h10,13-16,23H,7-9,11H2,1-6H3,(H2,21,24)/b12-10-/t13-,14?,15-,16+/m1/s1. The van der Waals surface area contributed by atoms with Crippen LogP contribution in [0.5, 0.6) is 0 Å². The number of likely N-dealkylation sites (tertiary alicyclic amines) is 1. The van der Waals surface area contributed by atoms with Gasteiger partial charge < -0.3 is 29.8 Å². The van der Waals surface area contributed by atoms with E-state index in [4.69, 9.17) is 24.7 Å². The Morgan fingerprint density at radius 1 is 1.24 bits per heavy atom. The fourth-order valence-corrected chi connectivity index (χ4v) is 3.68. The molecule has 0 bridgehead atoms. The number of hydrogen-bond acceptors (Lipinski definition) is 7. The van der Waals surface area contributed by atoms with Crippen molar-refractivity contribution < 1.29 is 33.6 Å². The largest absolute Gasteiger partial charge is 0.515 e. The monoisotopic (exact) mass is 414 g/mol. The van der Waals surface area contributed by atoms with Crippen LogP contribution in [0.3, 0.4) is 0 Å². The number of fused-ring (bicyclic) bond motifs is 1. The van der Waals surface area contributed by atoms with Gasteiger partial charge in [-0.15, -0.1) is 0 Å². The van der Waals surface area contributed by atoms with Crippen LogP contribution >= 0.6 is 0 Å². The predicted octanol–water partition coefficient (Wildman–Crippen LogP) is 2.24. The van der Waals surface area contributed by atoms with Crippen molar-refractivity contribution >= 4 is 12.0 Å². The van der Waals surface area contributed by atoms with Gasteiger partial charge in [-0.05, 0) is 41.0 Å². The third-order valence-corrected chi connectivity index (χ3v) is 4.79. The fraction of sp³-hybridized carbons (Fsp3) is 0.800. The smallest absolute Gasteiger partial charge is 0.411 e. The summed E-state index contributed by atoms with van der Waals surface area (Å²) in [5.74, 6) is -1.78. The molecule has 0 aliphatic carbocycles. The second-order valence-corrected chi connectivity index (χ2v) is 8.84. The van der Waals surface area contributed by atoms with E-state index in [2.05, 4.69) is 6.92 Å². The molecular weight excluding hydrogens is 380 g/mol. The van der Waals surface area contributed by atoms with Gasteiger partial charge in [-0.3, -0.25) is 9.69 Å². The maximum atomic E-state index is 13.1. The average molecular weight is 414 g/mol. The Morgan fingerprint density at radius 2 is 1.86 bits per heavy atom. The van der Waals surface area contributed by atoms with Crippen LogP contribution in [0, 0.1) is 0 Å². The zero-order valence-corrected chi connectivity index (χ0v) is 18.1. The molecule has 0 radical (unpaired) electrons. The molecule has 2 aliphatic rings. The maximum absolute atomic E-state index is 13.1. The van der Waals surface area contributed by atoms with Gasteiger partial charge >= 0.3 is 6.09 Å². The number of aliphatic hydroxyl groups excluding tert-OH is 1. The molecule has 9 heteroatoms. The second-order valence-electron chi connectivity index (χ2n) is 8.84. The summed E-state index contributed by atoms with van der Waals surface area (Å²) in [4.78, 5) is 26.5. The molecule has 2 amide bonds. The van der Waals surface area contributed by atoms with Gasteiger partial charge in [-0.2, -0.15) is 0 Å². The number of carbonyl (C=O) groups excluding carboxylic acids is 2. The number of unbranched alkanes of at least 4 members (excludes halogenated alkanes) is 1. The third kappa shape index (κ3) is 5.40. The molecule has 9 nitrogen and oxygen atoms in total. The van der Waals surface area contributed by atoms with E-state index in [9.17, 15) is 14.7 Å². The highest BCUT2D eigenvalue weighted by molar-refractivity contribution is 5.94. The van der Waals surface area contributed by atoms with Crippen LogP contribution in [0.1, 0.15) is 54.4 Å². The molecule has 2 aliphatic heterocycles. The lowest BCUT2D eigenvalue weighted by Crippen LogP contribution is -2.51. The Balaban J connectivity index is 2.42. The number of amides is 2. The average Bonchev–Trinajstić information content (AvgIpc) is 3.02. The Bertz CT molecular complexity index is 641. The van der Waals surface area contributed by atoms with Crippen molar-refractivity contribution in [3.8, 4) is 0 Å². The minimum absolute atomic E-state index is 0.150. The summed E-state index contributed by atoms with van der Waals surface area (Å²) in [7, 11) is 0. The zero-order valence-electron chi connectivity index (χ0n) is 18.1. The first kappa shape index (κ1) is 23.4. The van der Waals surface area contributed by atoms with Crippen molar-refractivity contribution in [3.05, 3.63) is 11.8 Å². The number of nitrogens with zero attached hydrogens (tertiary/aromatic N) is 1. The summed E-state index contributed by atoms with van der Waals surface area (Å²) in [6, 6.07) is -1.54. The third-order valence-electron chi connectivity index (χ3n) is 4.79. The van der Waals surface area contributed by atoms with Crippen molar-refractivity contribution in [1.29, 1.82) is 0 Å². The van der Waals surface area contributed by atoms with Gasteiger partial charge in [-0.1, -0.05) is 13.3 Å². The molecule has 4 atom stereocenters. The molecule has 0 aromatic heterocycles. The normalized spacial score (nSPS) is 29.0. The second kappa shape index (κ2) is 8.89. The minimum Gasteiger partial charge on any atom is -0.515 e. The van der Waals surface area contributed by atoms with Gasteiger partial charge in [0.15, 0.2) is 5.79 Å².